The van der Waals surface area contributed by atoms with Crippen molar-refractivity contribution in [3.8, 4) is 17.2 Å². The molecule has 1 aliphatic heterocycles. The van der Waals surface area contributed by atoms with Crippen molar-refractivity contribution in [1.82, 2.24) is 4.90 Å². The van der Waals surface area contributed by atoms with Crippen molar-refractivity contribution < 1.29 is 28.7 Å². The van der Waals surface area contributed by atoms with Gasteiger partial charge >= 0.3 is 0 Å². The van der Waals surface area contributed by atoms with Crippen molar-refractivity contribution in [2.45, 2.75) is 13.5 Å². The topological polar surface area (TPSA) is 108 Å². The molecule has 2 amide bonds. The van der Waals surface area contributed by atoms with Crippen LogP contribution in [-0.4, -0.2) is 40.7 Å². The van der Waals surface area contributed by atoms with E-state index in [1.54, 1.807) is 36.4 Å². The fourth-order valence-electron chi connectivity index (χ4n) is 3.49. The lowest BCUT2D eigenvalue weighted by atomic mass is 10.1. The number of benzene rings is 3. The van der Waals surface area contributed by atoms with Gasteiger partial charge in [-0.15, -0.1) is 0 Å². The average molecular weight is 521 g/mol. The summed E-state index contributed by atoms with van der Waals surface area (Å²) in [5.74, 6) is 1.27. The summed E-state index contributed by atoms with van der Waals surface area (Å²) in [6.07, 6.45) is 1.64. The molecule has 0 spiro atoms. The third-order valence-electron chi connectivity index (χ3n) is 5.31. The van der Waals surface area contributed by atoms with Gasteiger partial charge in [0.25, 0.3) is 16.8 Å². The zero-order chi connectivity index (χ0) is 26.2. The molecular formula is C27H24N2O7S. The van der Waals surface area contributed by atoms with E-state index in [-0.39, 0.29) is 36.6 Å². The molecule has 0 saturated carbocycles. The number of imide groups is 1. The van der Waals surface area contributed by atoms with Crippen LogP contribution in [0.3, 0.4) is 0 Å². The molecule has 10 heteroatoms. The highest BCUT2D eigenvalue weighted by atomic mass is 32.2. The van der Waals surface area contributed by atoms with Gasteiger partial charge < -0.3 is 14.2 Å². The summed E-state index contributed by atoms with van der Waals surface area (Å²) in [5.41, 5.74) is 1.45. The Morgan fingerprint density at radius 1 is 0.946 bits per heavy atom. The highest BCUT2D eigenvalue weighted by Crippen LogP contribution is 2.35. The lowest BCUT2D eigenvalue weighted by Gasteiger charge is -2.13. The van der Waals surface area contributed by atoms with Gasteiger partial charge in [-0.25, -0.2) is 0 Å². The second-order valence-electron chi connectivity index (χ2n) is 7.85. The molecule has 37 heavy (non-hydrogen) atoms. The Kier molecular flexibility index (Phi) is 8.42. The first-order valence-corrected chi connectivity index (χ1v) is 12.3. The van der Waals surface area contributed by atoms with Crippen molar-refractivity contribution in [1.29, 1.82) is 0 Å². The molecule has 0 unspecified atom stereocenters. The minimum absolute atomic E-state index is 0.0104. The lowest BCUT2D eigenvalue weighted by molar-refractivity contribution is -0.384. The number of nitrogens with zero attached hydrogens (tertiary/aromatic N) is 2. The molecule has 190 valence electrons. The van der Waals surface area contributed by atoms with Crippen molar-refractivity contribution in [2.24, 2.45) is 0 Å². The van der Waals surface area contributed by atoms with E-state index in [0.29, 0.717) is 34.3 Å². The predicted octanol–water partition coefficient (Wildman–Crippen LogP) is 5.69. The monoisotopic (exact) mass is 520 g/mol. The SMILES string of the molecule is CCOc1cc(/C=C2\SC(=O)N(CCOc3ccccc3)C2=O)ccc1OCc1ccc([N+](=O)[O-])cc1. The van der Waals surface area contributed by atoms with Gasteiger partial charge in [-0.1, -0.05) is 24.3 Å². The molecular weight excluding hydrogens is 496 g/mol. The molecule has 1 saturated heterocycles. The second kappa shape index (κ2) is 12.1. The summed E-state index contributed by atoms with van der Waals surface area (Å²) < 4.78 is 17.2. The van der Waals surface area contributed by atoms with Crippen LogP contribution in [0.15, 0.2) is 77.7 Å². The quantitative estimate of drug-likeness (QED) is 0.180. The molecule has 0 aliphatic carbocycles. The summed E-state index contributed by atoms with van der Waals surface area (Å²) in [6, 6.07) is 20.5. The highest BCUT2D eigenvalue weighted by Gasteiger charge is 2.34. The maximum Gasteiger partial charge on any atom is 0.293 e. The number of hydrogen-bond acceptors (Lipinski definition) is 8. The number of carbonyl (C=O) groups is 2. The minimum atomic E-state index is -0.455. The number of ether oxygens (including phenoxy) is 3. The Morgan fingerprint density at radius 2 is 1.70 bits per heavy atom. The van der Waals surface area contributed by atoms with Gasteiger partial charge in [0, 0.05) is 12.1 Å². The van der Waals surface area contributed by atoms with Crippen molar-refractivity contribution >= 4 is 34.7 Å². The number of amides is 2. The second-order valence-corrected chi connectivity index (χ2v) is 8.84. The maximum absolute atomic E-state index is 12.8. The number of hydrogen-bond donors (Lipinski definition) is 0. The largest absolute Gasteiger partial charge is 0.492 e. The molecule has 0 radical (unpaired) electrons. The predicted molar refractivity (Wildman–Crippen MR) is 140 cm³/mol. The van der Waals surface area contributed by atoms with E-state index in [2.05, 4.69) is 0 Å². The summed E-state index contributed by atoms with van der Waals surface area (Å²) in [6.45, 7) is 2.79. The van der Waals surface area contributed by atoms with Crippen LogP contribution in [0.5, 0.6) is 17.2 Å². The van der Waals surface area contributed by atoms with Crippen LogP contribution in [0.25, 0.3) is 6.08 Å². The number of carbonyl (C=O) groups excluding carboxylic acids is 2. The Labute approximate surface area is 217 Å². The van der Waals surface area contributed by atoms with E-state index >= 15 is 0 Å². The summed E-state index contributed by atoms with van der Waals surface area (Å²) in [4.78, 5) is 37.1. The summed E-state index contributed by atoms with van der Waals surface area (Å²) in [7, 11) is 0. The van der Waals surface area contributed by atoms with Crippen LogP contribution >= 0.6 is 11.8 Å². The van der Waals surface area contributed by atoms with E-state index in [4.69, 9.17) is 14.2 Å². The van der Waals surface area contributed by atoms with Crippen LogP contribution in [0.2, 0.25) is 0 Å². The number of nitro benzene ring substituents is 1. The van der Waals surface area contributed by atoms with Crippen LogP contribution < -0.4 is 14.2 Å². The minimum Gasteiger partial charge on any atom is -0.492 e. The van der Waals surface area contributed by atoms with E-state index in [1.165, 1.54) is 17.0 Å². The van der Waals surface area contributed by atoms with Crippen LogP contribution in [0.4, 0.5) is 10.5 Å². The molecule has 0 N–H and O–H groups in total. The number of non-ortho nitro benzene ring substituents is 1. The lowest BCUT2D eigenvalue weighted by Crippen LogP contribution is -2.32. The van der Waals surface area contributed by atoms with Gasteiger partial charge in [0.2, 0.25) is 0 Å². The van der Waals surface area contributed by atoms with Crippen molar-refractivity contribution in [3.05, 3.63) is 98.9 Å². The van der Waals surface area contributed by atoms with E-state index in [1.807, 2.05) is 37.3 Å². The molecule has 0 atom stereocenters. The molecule has 3 aromatic rings. The van der Waals surface area contributed by atoms with E-state index in [0.717, 1.165) is 17.3 Å². The Hall–Kier alpha value is -4.31. The third kappa shape index (κ3) is 6.68. The standard InChI is InChI=1S/C27H24N2O7S/c1-2-34-24-16-20(10-13-23(24)36-18-19-8-11-21(12-9-19)29(32)33)17-25-26(30)28(27(31)37-25)14-15-35-22-6-4-3-5-7-22/h3-13,16-17H,2,14-15,18H2,1H3/b25-17-. The van der Waals surface area contributed by atoms with Gasteiger partial charge in [0.1, 0.15) is 19.0 Å². The molecule has 0 bridgehead atoms. The van der Waals surface area contributed by atoms with Gasteiger partial charge in [-0.2, -0.15) is 0 Å². The zero-order valence-corrected chi connectivity index (χ0v) is 20.8. The highest BCUT2D eigenvalue weighted by molar-refractivity contribution is 8.18. The molecule has 0 aromatic heterocycles. The maximum atomic E-state index is 12.8. The molecule has 1 aliphatic rings. The van der Waals surface area contributed by atoms with Crippen molar-refractivity contribution in [3.63, 3.8) is 0 Å². The summed E-state index contributed by atoms with van der Waals surface area (Å²) in [5, 5.41) is 10.5. The van der Waals surface area contributed by atoms with Gasteiger partial charge in [-0.3, -0.25) is 24.6 Å². The molecule has 9 nitrogen and oxygen atoms in total. The van der Waals surface area contributed by atoms with E-state index in [9.17, 15) is 19.7 Å². The van der Waals surface area contributed by atoms with Gasteiger partial charge in [0.05, 0.1) is 23.0 Å². The number of nitro groups is 1. The first-order chi connectivity index (χ1) is 17.9. The molecule has 1 heterocycles. The normalized spacial score (nSPS) is 14.2. The Morgan fingerprint density at radius 3 is 2.41 bits per heavy atom. The first kappa shape index (κ1) is 25.8. The van der Waals surface area contributed by atoms with Gasteiger partial charge in [-0.05, 0) is 72.3 Å². The Balaban J connectivity index is 1.41. The summed E-state index contributed by atoms with van der Waals surface area (Å²) >= 11 is 0.880. The van der Waals surface area contributed by atoms with Gasteiger partial charge in [0.15, 0.2) is 11.5 Å². The Bertz CT molecular complexity index is 1310. The van der Waals surface area contributed by atoms with Crippen molar-refractivity contribution in [2.75, 3.05) is 19.8 Å². The third-order valence-corrected chi connectivity index (χ3v) is 6.21. The first-order valence-electron chi connectivity index (χ1n) is 11.5. The molecule has 1 fully saturated rings. The smallest absolute Gasteiger partial charge is 0.293 e. The average Bonchev–Trinajstić information content (AvgIpc) is 3.16. The van der Waals surface area contributed by atoms with Crippen LogP contribution in [0, 0.1) is 10.1 Å². The van der Waals surface area contributed by atoms with E-state index < -0.39 is 4.92 Å². The zero-order valence-electron chi connectivity index (χ0n) is 20.0. The fourth-order valence-corrected chi connectivity index (χ4v) is 4.36. The molecule has 3 aromatic carbocycles. The fraction of sp³-hybridized carbons (Fsp3) is 0.185. The van der Waals surface area contributed by atoms with Crippen LogP contribution in [0.1, 0.15) is 18.1 Å². The van der Waals surface area contributed by atoms with Crippen LogP contribution in [-0.2, 0) is 11.4 Å². The number of para-hydroxylation sites is 1. The number of rotatable bonds is 11. The number of thioether (sulfide) groups is 1. The molecule has 4 rings (SSSR count).